The summed E-state index contributed by atoms with van der Waals surface area (Å²) in [4.78, 5) is 5.10. The number of hydrogen-bond acceptors (Lipinski definition) is 3. The second-order valence-electron chi connectivity index (χ2n) is 6.48. The van der Waals surface area contributed by atoms with Crippen LogP contribution in [0.15, 0.2) is 24.3 Å². The average molecular weight is 259 g/mol. The van der Waals surface area contributed by atoms with E-state index in [2.05, 4.69) is 35.9 Å². The number of nitrogen functional groups attached to an aromatic ring is 1. The lowest BCUT2D eigenvalue weighted by Gasteiger charge is -2.40. The largest absolute Gasteiger partial charge is 0.399 e. The molecular formula is C16H25N3. The van der Waals surface area contributed by atoms with E-state index < -0.39 is 0 Å². The number of hydrogen-bond donors (Lipinski definition) is 1. The van der Waals surface area contributed by atoms with Gasteiger partial charge in [-0.25, -0.2) is 0 Å². The number of nitrogens with two attached hydrogens (primary N) is 1. The Morgan fingerprint density at radius 1 is 1.21 bits per heavy atom. The Labute approximate surface area is 116 Å². The molecule has 1 atom stereocenters. The van der Waals surface area contributed by atoms with Crippen molar-refractivity contribution >= 4 is 5.69 Å². The van der Waals surface area contributed by atoms with E-state index in [0.717, 1.165) is 5.69 Å². The average Bonchev–Trinajstić information content (AvgIpc) is 3.15. The zero-order chi connectivity index (χ0) is 13.5. The van der Waals surface area contributed by atoms with E-state index in [1.165, 1.54) is 44.6 Å². The van der Waals surface area contributed by atoms with Crippen LogP contribution in [0.3, 0.4) is 0 Å². The second kappa shape index (κ2) is 4.80. The molecule has 3 rings (SSSR count). The molecule has 0 spiro atoms. The van der Waals surface area contributed by atoms with E-state index in [1.54, 1.807) is 0 Å². The molecule has 0 amide bonds. The summed E-state index contributed by atoms with van der Waals surface area (Å²) in [6, 6.07) is 9.21. The Hall–Kier alpha value is -1.06. The van der Waals surface area contributed by atoms with Crippen molar-refractivity contribution in [3.63, 3.8) is 0 Å². The highest BCUT2D eigenvalue weighted by Crippen LogP contribution is 2.49. The molecule has 0 radical (unpaired) electrons. The van der Waals surface area contributed by atoms with Crippen LogP contribution in [0.4, 0.5) is 5.69 Å². The van der Waals surface area contributed by atoms with Gasteiger partial charge in [-0.3, -0.25) is 4.90 Å². The molecule has 1 heterocycles. The Morgan fingerprint density at radius 3 is 2.47 bits per heavy atom. The van der Waals surface area contributed by atoms with Crippen molar-refractivity contribution in [2.75, 3.05) is 39.0 Å². The first-order valence-corrected chi connectivity index (χ1v) is 7.38. The van der Waals surface area contributed by atoms with Crippen LogP contribution in [0.1, 0.15) is 25.3 Å². The Balaban J connectivity index is 1.70. The van der Waals surface area contributed by atoms with Crippen LogP contribution in [-0.4, -0.2) is 49.1 Å². The van der Waals surface area contributed by atoms with Gasteiger partial charge in [-0.1, -0.05) is 12.1 Å². The summed E-state index contributed by atoms with van der Waals surface area (Å²) in [7, 11) is 2.22. The summed E-state index contributed by atoms with van der Waals surface area (Å²) in [6.45, 7) is 7.16. The Bertz CT molecular complexity index is 436. The highest BCUT2D eigenvalue weighted by Gasteiger charge is 2.46. The highest BCUT2D eigenvalue weighted by molar-refractivity contribution is 5.43. The van der Waals surface area contributed by atoms with E-state index in [0.29, 0.717) is 11.5 Å². The summed E-state index contributed by atoms with van der Waals surface area (Å²) in [5.41, 5.74) is 8.56. The molecule has 2 N–H and O–H groups in total. The highest BCUT2D eigenvalue weighted by atomic mass is 15.3. The van der Waals surface area contributed by atoms with Crippen molar-refractivity contribution in [1.82, 2.24) is 9.80 Å². The monoisotopic (exact) mass is 259 g/mol. The minimum atomic E-state index is 0.415. The first kappa shape index (κ1) is 12.9. The van der Waals surface area contributed by atoms with Crippen molar-refractivity contribution in [2.45, 2.75) is 31.2 Å². The third kappa shape index (κ3) is 2.63. The third-order valence-electron chi connectivity index (χ3n) is 4.85. The van der Waals surface area contributed by atoms with Crippen LogP contribution in [0.25, 0.3) is 0 Å². The van der Waals surface area contributed by atoms with Crippen LogP contribution < -0.4 is 5.73 Å². The second-order valence-corrected chi connectivity index (χ2v) is 6.48. The van der Waals surface area contributed by atoms with Gasteiger partial charge in [0.2, 0.25) is 0 Å². The molecule has 3 heteroatoms. The van der Waals surface area contributed by atoms with Gasteiger partial charge in [-0.15, -0.1) is 0 Å². The first-order valence-electron chi connectivity index (χ1n) is 7.38. The zero-order valence-electron chi connectivity index (χ0n) is 12.1. The van der Waals surface area contributed by atoms with Gasteiger partial charge in [-0.05, 0) is 44.5 Å². The van der Waals surface area contributed by atoms with Crippen LogP contribution in [0.2, 0.25) is 0 Å². The number of piperazine rings is 1. The molecular weight excluding hydrogens is 234 g/mol. The van der Waals surface area contributed by atoms with Crippen LogP contribution in [0, 0.1) is 0 Å². The topological polar surface area (TPSA) is 32.5 Å². The molecule has 2 fully saturated rings. The minimum absolute atomic E-state index is 0.415. The molecule has 0 bridgehead atoms. The Morgan fingerprint density at radius 2 is 1.89 bits per heavy atom. The zero-order valence-corrected chi connectivity index (χ0v) is 12.1. The molecule has 1 unspecified atom stereocenters. The summed E-state index contributed by atoms with van der Waals surface area (Å²) < 4.78 is 0. The molecule has 1 saturated heterocycles. The van der Waals surface area contributed by atoms with Gasteiger partial charge in [0.15, 0.2) is 0 Å². The summed E-state index contributed by atoms with van der Waals surface area (Å²) in [5.74, 6) is 0. The smallest absolute Gasteiger partial charge is 0.0314 e. The van der Waals surface area contributed by atoms with Crippen LogP contribution in [-0.2, 0) is 5.41 Å². The van der Waals surface area contributed by atoms with E-state index >= 15 is 0 Å². The van der Waals surface area contributed by atoms with Gasteiger partial charge >= 0.3 is 0 Å². The normalized spacial score (nSPS) is 27.4. The van der Waals surface area contributed by atoms with E-state index in [4.69, 9.17) is 5.73 Å². The van der Waals surface area contributed by atoms with Gasteiger partial charge in [0.05, 0.1) is 0 Å². The van der Waals surface area contributed by atoms with Gasteiger partial charge in [0.1, 0.15) is 0 Å². The maximum Gasteiger partial charge on any atom is 0.0314 e. The molecule has 1 aromatic carbocycles. The fourth-order valence-electron chi connectivity index (χ4n) is 3.33. The first-order chi connectivity index (χ1) is 9.09. The number of nitrogens with zero attached hydrogens (tertiary/aromatic N) is 2. The van der Waals surface area contributed by atoms with Crippen LogP contribution >= 0.6 is 0 Å². The molecule has 1 aliphatic heterocycles. The maximum absolute atomic E-state index is 5.80. The maximum atomic E-state index is 5.80. The number of likely N-dealkylation sites (N-methyl/N-ethyl adjacent to an activating group) is 1. The molecule has 19 heavy (non-hydrogen) atoms. The summed E-state index contributed by atoms with van der Waals surface area (Å²) in [6.07, 6.45) is 2.66. The van der Waals surface area contributed by atoms with Crippen molar-refractivity contribution in [3.8, 4) is 0 Å². The quantitative estimate of drug-likeness (QED) is 0.842. The summed E-state index contributed by atoms with van der Waals surface area (Å²) in [5, 5.41) is 0. The lowest BCUT2D eigenvalue weighted by molar-refractivity contribution is 0.0911. The molecule has 1 aromatic rings. The molecule has 2 aliphatic rings. The van der Waals surface area contributed by atoms with Crippen molar-refractivity contribution in [2.24, 2.45) is 0 Å². The molecule has 1 saturated carbocycles. The minimum Gasteiger partial charge on any atom is -0.399 e. The van der Waals surface area contributed by atoms with E-state index in [1.807, 2.05) is 12.1 Å². The molecule has 0 aromatic heterocycles. The van der Waals surface area contributed by atoms with Crippen molar-refractivity contribution < 1.29 is 0 Å². The number of anilines is 1. The van der Waals surface area contributed by atoms with E-state index in [-0.39, 0.29) is 0 Å². The van der Waals surface area contributed by atoms with Crippen molar-refractivity contribution in [3.05, 3.63) is 29.8 Å². The summed E-state index contributed by atoms with van der Waals surface area (Å²) >= 11 is 0. The Kier molecular flexibility index (Phi) is 3.27. The van der Waals surface area contributed by atoms with Gasteiger partial charge in [0, 0.05) is 43.3 Å². The van der Waals surface area contributed by atoms with Gasteiger partial charge < -0.3 is 10.6 Å². The number of rotatable bonds is 3. The predicted molar refractivity (Wildman–Crippen MR) is 80.3 cm³/mol. The van der Waals surface area contributed by atoms with Gasteiger partial charge in [0.25, 0.3) is 0 Å². The lowest BCUT2D eigenvalue weighted by Crippen LogP contribution is -2.52. The SMILES string of the molecule is CC1CN(C)CCN1CC1(c2ccc(N)cc2)CC1. The molecule has 104 valence electrons. The van der Waals surface area contributed by atoms with Gasteiger partial charge in [-0.2, -0.15) is 0 Å². The van der Waals surface area contributed by atoms with Crippen LogP contribution in [0.5, 0.6) is 0 Å². The third-order valence-corrected chi connectivity index (χ3v) is 4.85. The predicted octanol–water partition coefficient (Wildman–Crippen LogP) is 1.94. The van der Waals surface area contributed by atoms with Crippen molar-refractivity contribution in [1.29, 1.82) is 0 Å². The molecule has 1 aliphatic carbocycles. The fourth-order valence-corrected chi connectivity index (χ4v) is 3.33. The number of benzene rings is 1. The molecule has 3 nitrogen and oxygen atoms in total. The fraction of sp³-hybridized carbons (Fsp3) is 0.625. The van der Waals surface area contributed by atoms with E-state index in [9.17, 15) is 0 Å². The standard InChI is InChI=1S/C16H25N3/c1-13-11-18(2)9-10-19(13)12-16(7-8-16)14-3-5-15(17)6-4-14/h3-6,13H,7-12,17H2,1-2H3. The lowest BCUT2D eigenvalue weighted by atomic mass is 9.94.